The van der Waals surface area contributed by atoms with Gasteiger partial charge in [0.15, 0.2) is 0 Å². The van der Waals surface area contributed by atoms with Crippen LogP contribution in [0, 0.1) is 5.92 Å². The van der Waals surface area contributed by atoms with Gasteiger partial charge in [0, 0.05) is 6.92 Å². The van der Waals surface area contributed by atoms with Crippen LogP contribution >= 0.6 is 11.3 Å². The van der Waals surface area contributed by atoms with Crippen LogP contribution in [0.3, 0.4) is 0 Å². The van der Waals surface area contributed by atoms with Gasteiger partial charge in [-0.15, -0.1) is 11.3 Å². The largest absolute Gasteiger partial charge is 0.344 e. The van der Waals surface area contributed by atoms with E-state index in [-0.39, 0.29) is 16.0 Å². The average Bonchev–Trinajstić information content (AvgIpc) is 3.07. The molecule has 1 aromatic rings. The van der Waals surface area contributed by atoms with E-state index in [2.05, 4.69) is 10.0 Å². The SMILES string of the molecule is CC(=O)NC(C(=O)NS(=O)(=O)c1cccs1)C1CCCC1. The molecule has 1 unspecified atom stereocenters. The van der Waals surface area contributed by atoms with Crippen molar-refractivity contribution in [2.45, 2.75) is 42.9 Å². The van der Waals surface area contributed by atoms with E-state index in [0.717, 1.165) is 37.0 Å². The minimum atomic E-state index is -3.86. The first-order chi connectivity index (χ1) is 9.90. The summed E-state index contributed by atoms with van der Waals surface area (Å²) in [6.07, 6.45) is 3.62. The molecule has 0 bridgehead atoms. The molecule has 1 aromatic heterocycles. The Morgan fingerprint density at radius 1 is 1.33 bits per heavy atom. The van der Waals surface area contributed by atoms with E-state index < -0.39 is 22.0 Å². The van der Waals surface area contributed by atoms with Crippen LogP contribution in [-0.4, -0.2) is 26.3 Å². The Hall–Kier alpha value is -1.41. The van der Waals surface area contributed by atoms with Crippen molar-refractivity contribution in [3.63, 3.8) is 0 Å². The smallest absolute Gasteiger partial charge is 0.273 e. The molecule has 1 atom stereocenters. The van der Waals surface area contributed by atoms with Crippen LogP contribution in [0.1, 0.15) is 32.6 Å². The number of carbonyl (C=O) groups excluding carboxylic acids is 2. The monoisotopic (exact) mass is 330 g/mol. The van der Waals surface area contributed by atoms with Crippen LogP contribution in [-0.2, 0) is 19.6 Å². The van der Waals surface area contributed by atoms with E-state index in [9.17, 15) is 18.0 Å². The van der Waals surface area contributed by atoms with Crippen LogP contribution < -0.4 is 10.0 Å². The maximum atomic E-state index is 12.3. The van der Waals surface area contributed by atoms with Crippen LogP contribution in [0.15, 0.2) is 21.7 Å². The van der Waals surface area contributed by atoms with Crippen LogP contribution in [0.5, 0.6) is 0 Å². The highest BCUT2D eigenvalue weighted by Crippen LogP contribution is 2.28. The molecule has 1 heterocycles. The molecule has 0 spiro atoms. The van der Waals surface area contributed by atoms with Crippen molar-refractivity contribution in [2.24, 2.45) is 5.92 Å². The topological polar surface area (TPSA) is 92.3 Å². The lowest BCUT2D eigenvalue weighted by Crippen LogP contribution is -2.51. The summed E-state index contributed by atoms with van der Waals surface area (Å²) < 4.78 is 26.3. The fourth-order valence-corrected chi connectivity index (χ4v) is 4.57. The zero-order chi connectivity index (χ0) is 15.5. The lowest BCUT2D eigenvalue weighted by molar-refractivity contribution is -0.128. The van der Waals surface area contributed by atoms with Gasteiger partial charge in [0.05, 0.1) is 0 Å². The third-order valence-corrected chi connectivity index (χ3v) is 6.25. The first kappa shape index (κ1) is 16.0. The number of carbonyl (C=O) groups is 2. The molecule has 0 aliphatic heterocycles. The number of sulfonamides is 1. The Morgan fingerprint density at radius 3 is 2.52 bits per heavy atom. The van der Waals surface area contributed by atoms with Crippen molar-refractivity contribution >= 4 is 33.2 Å². The van der Waals surface area contributed by atoms with Gasteiger partial charge in [-0.25, -0.2) is 13.1 Å². The van der Waals surface area contributed by atoms with E-state index in [0.29, 0.717) is 0 Å². The standard InChI is InChI=1S/C13H18N2O4S2/c1-9(16)14-12(10-5-2-3-6-10)13(17)15-21(18,19)11-7-4-8-20-11/h4,7-8,10,12H,2-3,5-6H2,1H3,(H,14,16)(H,15,17). The molecule has 116 valence electrons. The highest BCUT2D eigenvalue weighted by molar-refractivity contribution is 7.92. The van der Waals surface area contributed by atoms with Crippen molar-refractivity contribution in [2.75, 3.05) is 0 Å². The molecule has 0 radical (unpaired) electrons. The lowest BCUT2D eigenvalue weighted by Gasteiger charge is -2.22. The summed E-state index contributed by atoms with van der Waals surface area (Å²) >= 11 is 1.04. The summed E-state index contributed by atoms with van der Waals surface area (Å²) in [7, 11) is -3.86. The maximum absolute atomic E-state index is 12.3. The average molecular weight is 330 g/mol. The summed E-state index contributed by atoms with van der Waals surface area (Å²) in [6, 6.07) is 2.25. The Bertz CT molecular complexity index is 604. The molecule has 1 fully saturated rings. The van der Waals surface area contributed by atoms with Crippen LogP contribution in [0.25, 0.3) is 0 Å². The molecule has 0 aromatic carbocycles. The fraction of sp³-hybridized carbons (Fsp3) is 0.538. The molecule has 6 nitrogen and oxygen atoms in total. The lowest BCUT2D eigenvalue weighted by atomic mass is 9.97. The van der Waals surface area contributed by atoms with Crippen molar-refractivity contribution in [1.29, 1.82) is 0 Å². The Balaban J connectivity index is 2.12. The minimum Gasteiger partial charge on any atom is -0.344 e. The molecule has 1 aliphatic carbocycles. The predicted molar refractivity (Wildman–Crippen MR) is 79.2 cm³/mol. The summed E-state index contributed by atoms with van der Waals surface area (Å²) in [5, 5.41) is 4.20. The molecular formula is C13H18N2O4S2. The van der Waals surface area contributed by atoms with E-state index in [1.165, 1.54) is 13.0 Å². The normalized spacial score (nSPS) is 17.4. The second kappa shape index (κ2) is 6.57. The van der Waals surface area contributed by atoms with Crippen molar-refractivity contribution in [1.82, 2.24) is 10.0 Å². The Morgan fingerprint density at radius 2 is 2.00 bits per heavy atom. The predicted octanol–water partition coefficient (Wildman–Crippen LogP) is 1.25. The van der Waals surface area contributed by atoms with Gasteiger partial charge < -0.3 is 5.32 Å². The van der Waals surface area contributed by atoms with Crippen molar-refractivity contribution < 1.29 is 18.0 Å². The van der Waals surface area contributed by atoms with E-state index in [1.807, 2.05) is 0 Å². The molecule has 2 N–H and O–H groups in total. The number of rotatable bonds is 5. The third-order valence-electron chi connectivity index (χ3n) is 3.51. The van der Waals surface area contributed by atoms with Gasteiger partial charge in [0.25, 0.3) is 15.9 Å². The van der Waals surface area contributed by atoms with Crippen LogP contribution in [0.4, 0.5) is 0 Å². The maximum Gasteiger partial charge on any atom is 0.273 e. The first-order valence-corrected chi connectivity index (χ1v) is 9.13. The minimum absolute atomic E-state index is 0.00700. The van der Waals surface area contributed by atoms with E-state index >= 15 is 0 Å². The number of thiophene rings is 1. The van der Waals surface area contributed by atoms with Gasteiger partial charge in [0.1, 0.15) is 10.3 Å². The summed E-state index contributed by atoms with van der Waals surface area (Å²) in [5.41, 5.74) is 0. The number of amides is 2. The highest BCUT2D eigenvalue weighted by atomic mass is 32.2. The quantitative estimate of drug-likeness (QED) is 0.850. The molecule has 1 saturated carbocycles. The zero-order valence-corrected chi connectivity index (χ0v) is 13.3. The third kappa shape index (κ3) is 4.04. The van der Waals surface area contributed by atoms with Gasteiger partial charge in [-0.2, -0.15) is 0 Å². The molecule has 2 rings (SSSR count). The molecule has 8 heteroatoms. The Labute approximate surface area is 128 Å². The summed E-state index contributed by atoms with van der Waals surface area (Å²) in [6.45, 7) is 1.32. The summed E-state index contributed by atoms with van der Waals surface area (Å²) in [4.78, 5) is 23.5. The van der Waals surface area contributed by atoms with Crippen molar-refractivity contribution in [3.05, 3.63) is 17.5 Å². The van der Waals surface area contributed by atoms with Gasteiger partial charge in [-0.1, -0.05) is 18.9 Å². The Kier molecular flexibility index (Phi) is 5.00. The van der Waals surface area contributed by atoms with Gasteiger partial charge in [-0.3, -0.25) is 9.59 Å². The van der Waals surface area contributed by atoms with Gasteiger partial charge in [0.2, 0.25) is 5.91 Å². The molecule has 2 amide bonds. The highest BCUT2D eigenvalue weighted by Gasteiger charge is 2.33. The molecular weight excluding hydrogens is 312 g/mol. The van der Waals surface area contributed by atoms with Gasteiger partial charge in [-0.05, 0) is 30.2 Å². The van der Waals surface area contributed by atoms with Crippen LogP contribution in [0.2, 0.25) is 0 Å². The van der Waals surface area contributed by atoms with Gasteiger partial charge >= 0.3 is 0 Å². The molecule has 0 saturated heterocycles. The second-order valence-electron chi connectivity index (χ2n) is 5.12. The number of hydrogen-bond donors (Lipinski definition) is 2. The van der Waals surface area contributed by atoms with Crippen molar-refractivity contribution in [3.8, 4) is 0 Å². The number of nitrogens with one attached hydrogen (secondary N) is 2. The first-order valence-electron chi connectivity index (χ1n) is 6.77. The summed E-state index contributed by atoms with van der Waals surface area (Å²) in [5.74, 6) is -1.01. The molecule has 1 aliphatic rings. The number of hydrogen-bond acceptors (Lipinski definition) is 5. The molecule has 21 heavy (non-hydrogen) atoms. The van der Waals surface area contributed by atoms with E-state index in [4.69, 9.17) is 0 Å². The zero-order valence-electron chi connectivity index (χ0n) is 11.7. The van der Waals surface area contributed by atoms with E-state index in [1.54, 1.807) is 11.4 Å². The second-order valence-corrected chi connectivity index (χ2v) is 7.98. The fourth-order valence-electron chi connectivity index (χ4n) is 2.57.